The minimum absolute atomic E-state index is 0.135. The molecule has 0 bridgehead atoms. The zero-order chi connectivity index (χ0) is 22.2. The van der Waals surface area contributed by atoms with E-state index in [1.165, 1.54) is 5.56 Å². The number of carbonyl (C=O) groups excluding carboxylic acids is 1. The van der Waals surface area contributed by atoms with E-state index < -0.39 is 0 Å². The molecule has 3 aromatic rings. The van der Waals surface area contributed by atoms with Crippen LogP contribution in [-0.2, 0) is 17.8 Å². The Morgan fingerprint density at radius 3 is 2.56 bits per heavy atom. The van der Waals surface area contributed by atoms with Gasteiger partial charge in [-0.2, -0.15) is 0 Å². The van der Waals surface area contributed by atoms with Crippen molar-refractivity contribution < 1.29 is 19.0 Å². The maximum atomic E-state index is 12.2. The number of rotatable bonds is 7. The number of thiocarbonyl (C=S) groups is 1. The number of hydrazine groups is 1. The summed E-state index contributed by atoms with van der Waals surface area (Å²) in [6.45, 7) is 0.572. The lowest BCUT2D eigenvalue weighted by Gasteiger charge is -2.14. The molecular formula is C24H23N3O4S. The number of amides is 1. The first-order valence-electron chi connectivity index (χ1n) is 10.1. The second kappa shape index (κ2) is 10.5. The monoisotopic (exact) mass is 449 g/mol. The molecular weight excluding hydrogens is 426 g/mol. The Morgan fingerprint density at radius 1 is 0.906 bits per heavy atom. The maximum absolute atomic E-state index is 12.2. The van der Waals surface area contributed by atoms with Crippen molar-refractivity contribution in [2.75, 3.05) is 13.4 Å². The summed E-state index contributed by atoms with van der Waals surface area (Å²) in [4.78, 5) is 12.2. The van der Waals surface area contributed by atoms with Gasteiger partial charge in [0.1, 0.15) is 5.75 Å². The van der Waals surface area contributed by atoms with Crippen molar-refractivity contribution >= 4 is 23.2 Å². The third-order valence-corrected chi connectivity index (χ3v) is 5.02. The Balaban J connectivity index is 1.20. The topological polar surface area (TPSA) is 80.9 Å². The molecule has 0 aliphatic carbocycles. The molecule has 3 N–H and O–H groups in total. The van der Waals surface area contributed by atoms with Gasteiger partial charge in [-0.25, -0.2) is 0 Å². The van der Waals surface area contributed by atoms with Crippen molar-refractivity contribution in [3.63, 3.8) is 0 Å². The lowest BCUT2D eigenvalue weighted by atomic mass is 10.0. The number of nitrogens with one attached hydrogen (secondary N) is 3. The van der Waals surface area contributed by atoms with Crippen molar-refractivity contribution in [2.24, 2.45) is 0 Å². The zero-order valence-electron chi connectivity index (χ0n) is 17.3. The van der Waals surface area contributed by atoms with Crippen LogP contribution in [0.4, 0.5) is 0 Å². The van der Waals surface area contributed by atoms with Crippen molar-refractivity contribution in [3.8, 4) is 17.2 Å². The van der Waals surface area contributed by atoms with E-state index in [1.54, 1.807) is 0 Å². The highest BCUT2D eigenvalue weighted by Crippen LogP contribution is 2.32. The van der Waals surface area contributed by atoms with Crippen LogP contribution in [0.1, 0.15) is 16.7 Å². The molecule has 0 unspecified atom stereocenters. The fourth-order valence-corrected chi connectivity index (χ4v) is 3.31. The molecule has 1 aliphatic rings. The van der Waals surface area contributed by atoms with E-state index in [4.69, 9.17) is 26.4 Å². The predicted molar refractivity (Wildman–Crippen MR) is 124 cm³/mol. The number of benzene rings is 3. The molecule has 8 heteroatoms. The first-order valence-corrected chi connectivity index (χ1v) is 10.5. The SMILES string of the molecule is O=C(COc1ccccc1Cc1ccccc1)NNC(=S)NCc1ccc2c(c1)OCO2. The molecule has 164 valence electrons. The second-order valence-corrected chi connectivity index (χ2v) is 7.51. The van der Waals surface area contributed by atoms with Crippen molar-refractivity contribution in [2.45, 2.75) is 13.0 Å². The molecule has 1 heterocycles. The summed E-state index contributed by atoms with van der Waals surface area (Å²) in [7, 11) is 0. The van der Waals surface area contributed by atoms with Gasteiger partial charge in [0.05, 0.1) is 0 Å². The van der Waals surface area contributed by atoms with Crippen LogP contribution in [0.15, 0.2) is 72.8 Å². The Labute approximate surface area is 191 Å². The molecule has 0 radical (unpaired) electrons. The molecule has 0 saturated heterocycles. The highest BCUT2D eigenvalue weighted by molar-refractivity contribution is 7.80. The lowest BCUT2D eigenvalue weighted by Crippen LogP contribution is -2.48. The van der Waals surface area contributed by atoms with E-state index in [2.05, 4.69) is 28.3 Å². The van der Waals surface area contributed by atoms with Gasteiger partial charge < -0.3 is 19.5 Å². The average Bonchev–Trinajstić information content (AvgIpc) is 3.29. The average molecular weight is 450 g/mol. The van der Waals surface area contributed by atoms with Crippen LogP contribution in [0.25, 0.3) is 0 Å². The minimum Gasteiger partial charge on any atom is -0.483 e. The first kappa shape index (κ1) is 21.5. The van der Waals surface area contributed by atoms with Gasteiger partial charge in [-0.1, -0.05) is 54.6 Å². The largest absolute Gasteiger partial charge is 0.483 e. The quantitative estimate of drug-likeness (QED) is 0.378. The predicted octanol–water partition coefficient (Wildman–Crippen LogP) is 3.08. The van der Waals surface area contributed by atoms with Crippen molar-refractivity contribution in [1.29, 1.82) is 0 Å². The molecule has 3 aromatic carbocycles. The summed E-state index contributed by atoms with van der Waals surface area (Å²) < 4.78 is 16.4. The molecule has 0 spiro atoms. The van der Waals surface area contributed by atoms with Gasteiger partial charge in [0.15, 0.2) is 23.2 Å². The van der Waals surface area contributed by atoms with E-state index in [9.17, 15) is 4.79 Å². The van der Waals surface area contributed by atoms with Crippen molar-refractivity contribution in [1.82, 2.24) is 16.2 Å². The van der Waals surface area contributed by atoms with E-state index in [1.807, 2.05) is 60.7 Å². The number of hydrogen-bond donors (Lipinski definition) is 3. The fraction of sp³-hybridized carbons (Fsp3) is 0.167. The summed E-state index contributed by atoms with van der Waals surface area (Å²) in [5.74, 6) is 1.77. The Kier molecular flexibility index (Phi) is 7.04. The normalized spacial score (nSPS) is 11.5. The Morgan fingerprint density at radius 2 is 1.69 bits per heavy atom. The number of hydrogen-bond acceptors (Lipinski definition) is 5. The van der Waals surface area contributed by atoms with Gasteiger partial charge >= 0.3 is 0 Å². The Hall–Kier alpha value is -3.78. The maximum Gasteiger partial charge on any atom is 0.276 e. The summed E-state index contributed by atoms with van der Waals surface area (Å²) in [5.41, 5.74) is 8.38. The lowest BCUT2D eigenvalue weighted by molar-refractivity contribution is -0.123. The Bertz CT molecular complexity index is 1090. The van der Waals surface area contributed by atoms with Gasteiger partial charge in [0, 0.05) is 13.0 Å². The zero-order valence-corrected chi connectivity index (χ0v) is 18.1. The summed E-state index contributed by atoms with van der Waals surface area (Å²) >= 11 is 5.21. The van der Waals surface area contributed by atoms with Crippen LogP contribution >= 0.6 is 12.2 Å². The van der Waals surface area contributed by atoms with Gasteiger partial charge in [0.25, 0.3) is 5.91 Å². The van der Waals surface area contributed by atoms with Crippen LogP contribution < -0.4 is 30.4 Å². The highest BCUT2D eigenvalue weighted by Gasteiger charge is 2.13. The smallest absolute Gasteiger partial charge is 0.276 e. The van der Waals surface area contributed by atoms with Gasteiger partial charge in [-0.3, -0.25) is 15.6 Å². The summed E-state index contributed by atoms with van der Waals surface area (Å²) in [6, 6.07) is 23.5. The molecule has 0 fully saturated rings. The van der Waals surface area contributed by atoms with E-state index in [-0.39, 0.29) is 19.3 Å². The molecule has 1 aliphatic heterocycles. The van der Waals surface area contributed by atoms with Gasteiger partial charge in [0.2, 0.25) is 6.79 Å². The van der Waals surface area contributed by atoms with Crippen LogP contribution in [-0.4, -0.2) is 24.4 Å². The number of ether oxygens (including phenoxy) is 3. The van der Waals surface area contributed by atoms with Crippen molar-refractivity contribution in [3.05, 3.63) is 89.5 Å². The second-order valence-electron chi connectivity index (χ2n) is 7.10. The molecule has 0 aromatic heterocycles. The van der Waals surface area contributed by atoms with Crippen LogP contribution in [0.5, 0.6) is 17.2 Å². The van der Waals surface area contributed by atoms with E-state index in [0.717, 1.165) is 23.3 Å². The molecule has 32 heavy (non-hydrogen) atoms. The van der Waals surface area contributed by atoms with E-state index >= 15 is 0 Å². The highest BCUT2D eigenvalue weighted by atomic mass is 32.1. The standard InChI is InChI=1S/C24H23N3O4S/c28-23(15-29-20-9-5-4-8-19(20)12-17-6-2-1-3-7-17)26-27-24(32)25-14-18-10-11-21-22(13-18)31-16-30-21/h1-11,13H,12,14-16H2,(H,26,28)(H2,25,27,32). The minimum atomic E-state index is -0.341. The molecule has 0 atom stereocenters. The third kappa shape index (κ3) is 5.89. The molecule has 0 saturated carbocycles. The van der Waals surface area contributed by atoms with Gasteiger partial charge in [-0.05, 0) is 47.1 Å². The van der Waals surface area contributed by atoms with Crippen LogP contribution in [0, 0.1) is 0 Å². The number of para-hydroxylation sites is 1. The van der Waals surface area contributed by atoms with Crippen LogP contribution in [0.2, 0.25) is 0 Å². The number of carbonyl (C=O) groups is 1. The summed E-state index contributed by atoms with van der Waals surface area (Å²) in [5, 5.41) is 3.32. The molecule has 7 nitrogen and oxygen atoms in total. The molecule has 4 rings (SSSR count). The number of fused-ring (bicyclic) bond motifs is 1. The van der Waals surface area contributed by atoms with Gasteiger partial charge in [-0.15, -0.1) is 0 Å². The summed E-state index contributed by atoms with van der Waals surface area (Å²) in [6.07, 6.45) is 0.727. The first-order chi connectivity index (χ1) is 15.7. The fourth-order valence-electron chi connectivity index (χ4n) is 3.19. The third-order valence-electron chi connectivity index (χ3n) is 4.77. The van der Waals surface area contributed by atoms with Crippen LogP contribution in [0.3, 0.4) is 0 Å². The van der Waals surface area contributed by atoms with E-state index in [0.29, 0.717) is 23.2 Å². The molecule has 1 amide bonds.